The zero-order valence-electron chi connectivity index (χ0n) is 7.71. The first-order valence-electron chi connectivity index (χ1n) is 4.23. The van der Waals surface area contributed by atoms with Crippen molar-refractivity contribution in [2.24, 2.45) is 0 Å². The fourth-order valence-electron chi connectivity index (χ4n) is 1.15. The van der Waals surface area contributed by atoms with Crippen LogP contribution in [0.5, 0.6) is 0 Å². The van der Waals surface area contributed by atoms with Gasteiger partial charge in [0.15, 0.2) is 10.8 Å². The normalized spacial score (nSPS) is 10.3. The summed E-state index contributed by atoms with van der Waals surface area (Å²) in [5.41, 5.74) is 1.40. The maximum absolute atomic E-state index is 12.7. The molecule has 2 aromatic rings. The first-order valence-corrected chi connectivity index (χ1v) is 5.11. The molecule has 1 aromatic heterocycles. The van der Waals surface area contributed by atoms with E-state index in [1.165, 1.54) is 23.5 Å². The predicted octanol–water partition coefficient (Wildman–Crippen LogP) is 3.89. The molecule has 0 N–H and O–H groups in total. The Hall–Kier alpha value is -1.55. The average molecular weight is 223 g/mol. The van der Waals surface area contributed by atoms with E-state index in [9.17, 15) is 8.78 Å². The second-order valence-electron chi connectivity index (χ2n) is 2.95. The third kappa shape index (κ3) is 2.10. The van der Waals surface area contributed by atoms with Crippen molar-refractivity contribution in [1.82, 2.24) is 4.98 Å². The molecule has 0 saturated heterocycles. The molecule has 1 nitrogen and oxygen atoms in total. The molecule has 0 atom stereocenters. The molecule has 0 radical (unpaired) electrons. The third-order valence-corrected chi connectivity index (χ3v) is 2.75. The largest absolute Gasteiger partial charge is 0.234 e. The molecule has 0 bridgehead atoms. The second kappa shape index (κ2) is 3.90. The summed E-state index contributed by atoms with van der Waals surface area (Å²) in [5, 5.41) is 1.97. The van der Waals surface area contributed by atoms with Crippen LogP contribution in [0.25, 0.3) is 17.1 Å². The third-order valence-electron chi connectivity index (χ3n) is 1.88. The highest BCUT2D eigenvalue weighted by atomic mass is 32.1. The molecule has 76 valence electrons. The van der Waals surface area contributed by atoms with Crippen molar-refractivity contribution in [2.75, 3.05) is 0 Å². The molecule has 15 heavy (non-hydrogen) atoms. The van der Waals surface area contributed by atoms with E-state index in [0.29, 0.717) is 5.69 Å². The Bertz CT molecular complexity index is 488. The standard InChI is InChI=1S/C11H7F2NS/c1-7(12)11-14-10(6-15-11)8-2-4-9(13)5-3-8/h2-6H,1H2. The fraction of sp³-hybridized carbons (Fsp3) is 0. The van der Waals surface area contributed by atoms with Crippen LogP contribution in [0.4, 0.5) is 8.78 Å². The van der Waals surface area contributed by atoms with E-state index in [0.717, 1.165) is 5.56 Å². The lowest BCUT2D eigenvalue weighted by Crippen LogP contribution is -1.80. The molecular weight excluding hydrogens is 216 g/mol. The first-order chi connectivity index (χ1) is 7.16. The molecule has 0 saturated carbocycles. The van der Waals surface area contributed by atoms with Gasteiger partial charge in [0.1, 0.15) is 5.82 Å². The van der Waals surface area contributed by atoms with E-state index in [-0.39, 0.29) is 10.8 Å². The van der Waals surface area contributed by atoms with E-state index in [1.807, 2.05) is 0 Å². The number of rotatable bonds is 2. The molecule has 1 aromatic carbocycles. The van der Waals surface area contributed by atoms with Crippen molar-refractivity contribution in [3.8, 4) is 11.3 Å². The summed E-state index contributed by atoms with van der Waals surface area (Å²) in [7, 11) is 0. The van der Waals surface area contributed by atoms with Crippen molar-refractivity contribution >= 4 is 17.2 Å². The van der Waals surface area contributed by atoms with E-state index >= 15 is 0 Å². The van der Waals surface area contributed by atoms with Crippen LogP contribution in [0.15, 0.2) is 36.2 Å². The average Bonchev–Trinajstić information content (AvgIpc) is 2.68. The summed E-state index contributed by atoms with van der Waals surface area (Å²) in [5.74, 6) is -0.850. The van der Waals surface area contributed by atoms with Crippen LogP contribution in [0.3, 0.4) is 0 Å². The quantitative estimate of drug-likeness (QED) is 0.752. The lowest BCUT2D eigenvalue weighted by Gasteiger charge is -1.95. The van der Waals surface area contributed by atoms with Gasteiger partial charge in [-0.15, -0.1) is 11.3 Å². The van der Waals surface area contributed by atoms with Crippen LogP contribution in [-0.4, -0.2) is 4.98 Å². The second-order valence-corrected chi connectivity index (χ2v) is 3.81. The highest BCUT2D eigenvalue weighted by Gasteiger charge is 2.06. The zero-order chi connectivity index (χ0) is 10.8. The highest BCUT2D eigenvalue weighted by molar-refractivity contribution is 7.11. The van der Waals surface area contributed by atoms with E-state index in [2.05, 4.69) is 11.6 Å². The summed E-state index contributed by atoms with van der Waals surface area (Å²) in [6.07, 6.45) is 0. The summed E-state index contributed by atoms with van der Waals surface area (Å²) in [4.78, 5) is 4.03. The van der Waals surface area contributed by atoms with Crippen LogP contribution in [0.2, 0.25) is 0 Å². The summed E-state index contributed by atoms with van der Waals surface area (Å²) in [6.45, 7) is 3.17. The topological polar surface area (TPSA) is 12.9 Å². The van der Waals surface area contributed by atoms with Crippen molar-refractivity contribution in [3.63, 3.8) is 0 Å². The van der Waals surface area contributed by atoms with Crippen LogP contribution in [-0.2, 0) is 0 Å². The summed E-state index contributed by atoms with van der Waals surface area (Å²) < 4.78 is 25.4. The number of nitrogens with zero attached hydrogens (tertiary/aromatic N) is 1. The maximum Gasteiger partial charge on any atom is 0.152 e. The van der Waals surface area contributed by atoms with Gasteiger partial charge in [0.05, 0.1) is 5.69 Å². The molecule has 0 aliphatic carbocycles. The minimum atomic E-state index is -0.548. The molecule has 2 rings (SSSR count). The number of hydrogen-bond donors (Lipinski definition) is 0. The van der Waals surface area contributed by atoms with Gasteiger partial charge >= 0.3 is 0 Å². The first kappa shape index (κ1) is 9.98. The maximum atomic E-state index is 12.7. The van der Waals surface area contributed by atoms with Crippen molar-refractivity contribution in [2.45, 2.75) is 0 Å². The Labute approximate surface area is 89.7 Å². The lowest BCUT2D eigenvalue weighted by molar-refractivity contribution is 0.628. The highest BCUT2D eigenvalue weighted by Crippen LogP contribution is 2.25. The van der Waals surface area contributed by atoms with Gasteiger partial charge in [-0.3, -0.25) is 0 Å². The Morgan fingerprint density at radius 2 is 1.93 bits per heavy atom. The molecule has 1 heterocycles. The van der Waals surface area contributed by atoms with Gasteiger partial charge < -0.3 is 0 Å². The molecule has 0 spiro atoms. The minimum Gasteiger partial charge on any atom is -0.234 e. The molecular formula is C11H7F2NS. The van der Waals surface area contributed by atoms with Gasteiger partial charge in [0.2, 0.25) is 0 Å². The zero-order valence-corrected chi connectivity index (χ0v) is 8.52. The molecule has 0 fully saturated rings. The van der Waals surface area contributed by atoms with Crippen LogP contribution < -0.4 is 0 Å². The van der Waals surface area contributed by atoms with E-state index < -0.39 is 5.83 Å². The van der Waals surface area contributed by atoms with Crippen molar-refractivity contribution < 1.29 is 8.78 Å². The predicted molar refractivity (Wildman–Crippen MR) is 57.7 cm³/mol. The van der Waals surface area contributed by atoms with Gasteiger partial charge in [-0.2, -0.15) is 0 Å². The summed E-state index contributed by atoms with van der Waals surface area (Å²) in [6, 6.07) is 5.90. The van der Waals surface area contributed by atoms with E-state index in [1.54, 1.807) is 17.5 Å². The van der Waals surface area contributed by atoms with Gasteiger partial charge in [-0.25, -0.2) is 13.8 Å². The number of aromatic nitrogens is 1. The molecule has 0 unspecified atom stereocenters. The fourth-order valence-corrected chi connectivity index (χ4v) is 1.84. The summed E-state index contributed by atoms with van der Waals surface area (Å²) >= 11 is 1.18. The molecule has 4 heteroatoms. The van der Waals surface area contributed by atoms with Crippen molar-refractivity contribution in [3.05, 3.63) is 47.0 Å². The Balaban J connectivity index is 2.37. The number of halogens is 2. The number of thiazole rings is 1. The van der Waals surface area contributed by atoms with Gasteiger partial charge in [0, 0.05) is 10.9 Å². The van der Waals surface area contributed by atoms with Gasteiger partial charge in [-0.1, -0.05) is 6.58 Å². The Morgan fingerprint density at radius 1 is 1.27 bits per heavy atom. The van der Waals surface area contributed by atoms with Gasteiger partial charge in [0.25, 0.3) is 0 Å². The lowest BCUT2D eigenvalue weighted by atomic mass is 10.2. The molecule has 0 amide bonds. The monoisotopic (exact) mass is 223 g/mol. The number of benzene rings is 1. The smallest absolute Gasteiger partial charge is 0.152 e. The minimum absolute atomic E-state index is 0.259. The SMILES string of the molecule is C=C(F)c1nc(-c2ccc(F)cc2)cs1. The van der Waals surface area contributed by atoms with Crippen LogP contribution in [0, 0.1) is 5.82 Å². The van der Waals surface area contributed by atoms with E-state index in [4.69, 9.17) is 0 Å². The Kier molecular flexibility index (Phi) is 2.60. The number of hydrogen-bond acceptors (Lipinski definition) is 2. The van der Waals surface area contributed by atoms with Gasteiger partial charge in [-0.05, 0) is 24.3 Å². The van der Waals surface area contributed by atoms with Crippen LogP contribution in [0.1, 0.15) is 5.01 Å². The molecule has 0 aliphatic heterocycles. The molecule has 0 aliphatic rings. The van der Waals surface area contributed by atoms with Crippen LogP contribution >= 0.6 is 11.3 Å². The Morgan fingerprint density at radius 3 is 2.47 bits per heavy atom. The van der Waals surface area contributed by atoms with Crippen molar-refractivity contribution in [1.29, 1.82) is 0 Å².